The van der Waals surface area contributed by atoms with Crippen LogP contribution in [0.4, 0.5) is 5.69 Å². The second-order valence-corrected chi connectivity index (χ2v) is 10.2. The molecule has 11 heteroatoms. The number of sulfonamides is 1. The van der Waals surface area contributed by atoms with Crippen LogP contribution in [0, 0.1) is 11.3 Å². The number of carbonyl (C=O) groups is 1. The third kappa shape index (κ3) is 5.42. The first-order valence-electron chi connectivity index (χ1n) is 10.3. The Hall–Kier alpha value is -3.55. The second kappa shape index (κ2) is 9.98. The van der Waals surface area contributed by atoms with E-state index in [1.165, 1.54) is 18.2 Å². The zero-order valence-electron chi connectivity index (χ0n) is 18.3. The zero-order valence-corrected chi connectivity index (χ0v) is 20.7. The number of carbonyl (C=O) groups excluding carboxylic acids is 1. The van der Waals surface area contributed by atoms with Gasteiger partial charge in [0, 0.05) is 35.7 Å². The summed E-state index contributed by atoms with van der Waals surface area (Å²) in [7, 11) is -2.20. The Bertz CT molecular complexity index is 1580. The van der Waals surface area contributed by atoms with Gasteiger partial charge in [0.15, 0.2) is 0 Å². The van der Waals surface area contributed by atoms with Crippen molar-refractivity contribution in [3.05, 3.63) is 93.6 Å². The molecule has 0 saturated carbocycles. The molecule has 0 aliphatic heterocycles. The fraction of sp³-hybridized carbons (Fsp3) is 0.0833. The summed E-state index contributed by atoms with van der Waals surface area (Å²) in [6, 6.07) is 18.3. The van der Waals surface area contributed by atoms with Crippen molar-refractivity contribution in [3.8, 4) is 6.07 Å². The first-order chi connectivity index (χ1) is 16.7. The molecule has 0 aliphatic rings. The number of fused-ring (bicyclic) bond motifs is 1. The van der Waals surface area contributed by atoms with Crippen molar-refractivity contribution in [3.63, 3.8) is 0 Å². The van der Waals surface area contributed by atoms with E-state index in [0.29, 0.717) is 28.7 Å². The molecule has 1 heterocycles. The number of nitrogens with zero attached hydrogens (tertiary/aromatic N) is 2. The molecular weight excluding hydrogens is 509 g/mol. The molecule has 3 N–H and O–H groups in total. The molecule has 0 spiro atoms. The first-order valence-corrected chi connectivity index (χ1v) is 12.5. The molecule has 0 bridgehead atoms. The lowest BCUT2D eigenvalue weighted by Crippen LogP contribution is -2.29. The molecule has 0 atom stereocenters. The van der Waals surface area contributed by atoms with Crippen molar-refractivity contribution in [2.24, 2.45) is 7.05 Å². The molecule has 0 unspecified atom stereocenters. The number of aryl methyl sites for hydroxylation is 1. The Morgan fingerprint density at radius 3 is 2.51 bits per heavy atom. The summed E-state index contributed by atoms with van der Waals surface area (Å²) in [6.45, 7) is 0.291. The molecule has 4 aromatic rings. The summed E-state index contributed by atoms with van der Waals surface area (Å²) in [5.74, 6) is -0.289. The van der Waals surface area contributed by atoms with Crippen LogP contribution in [-0.4, -0.2) is 18.9 Å². The van der Waals surface area contributed by atoms with Crippen molar-refractivity contribution in [1.29, 1.82) is 5.26 Å². The van der Waals surface area contributed by atoms with Gasteiger partial charge >= 0.3 is 0 Å². The lowest BCUT2D eigenvalue weighted by atomic mass is 10.1. The van der Waals surface area contributed by atoms with E-state index in [0.717, 1.165) is 11.1 Å². The van der Waals surface area contributed by atoms with E-state index in [1.807, 2.05) is 11.6 Å². The molecule has 0 radical (unpaired) electrons. The molecule has 0 fully saturated rings. The van der Waals surface area contributed by atoms with Gasteiger partial charge in [0.2, 0.25) is 0 Å². The van der Waals surface area contributed by atoms with Gasteiger partial charge in [-0.3, -0.25) is 4.79 Å². The summed E-state index contributed by atoms with van der Waals surface area (Å²) >= 11 is 11.9. The number of hydrogen-bond acceptors (Lipinski definition) is 5. The minimum atomic E-state index is -4.01. The van der Waals surface area contributed by atoms with Crippen LogP contribution in [0.25, 0.3) is 10.9 Å². The molecule has 1 aromatic heterocycles. The van der Waals surface area contributed by atoms with Gasteiger partial charge in [-0.1, -0.05) is 35.3 Å². The van der Waals surface area contributed by atoms with E-state index >= 15 is 0 Å². The van der Waals surface area contributed by atoms with Crippen molar-refractivity contribution < 1.29 is 13.2 Å². The normalized spacial score (nSPS) is 11.3. The lowest BCUT2D eigenvalue weighted by molar-refractivity contribution is 0.0952. The van der Waals surface area contributed by atoms with Gasteiger partial charge < -0.3 is 15.3 Å². The van der Waals surface area contributed by atoms with Gasteiger partial charge in [0.25, 0.3) is 15.9 Å². The largest absolute Gasteiger partial charge is 0.350 e. The van der Waals surface area contributed by atoms with Gasteiger partial charge in [0.1, 0.15) is 4.90 Å². The Balaban J connectivity index is 1.53. The minimum absolute atomic E-state index is 0.0310. The average molecular weight is 528 g/mol. The highest BCUT2D eigenvalue weighted by Crippen LogP contribution is 2.26. The molecule has 0 aliphatic carbocycles. The van der Waals surface area contributed by atoms with Crippen LogP contribution in [0.3, 0.4) is 0 Å². The average Bonchev–Trinajstić information content (AvgIpc) is 3.19. The topological polar surface area (TPSA) is 116 Å². The van der Waals surface area contributed by atoms with E-state index in [-0.39, 0.29) is 20.8 Å². The standard InChI is InChI=1S/C24H19Cl2N5O3S/c1-31-14-20(24(32)28-13-16-4-2-15(12-27)3-5-16)19-11-18(7-9-22(19)31)29-30-35(33,34)23-10-17(25)6-8-21(23)26/h2-11,14,29-30H,13H2,1H3,(H,28,32). The summed E-state index contributed by atoms with van der Waals surface area (Å²) in [5, 5.41) is 12.7. The minimum Gasteiger partial charge on any atom is -0.350 e. The van der Waals surface area contributed by atoms with Crippen LogP contribution >= 0.6 is 23.2 Å². The number of nitrogens with one attached hydrogen (secondary N) is 3. The highest BCUT2D eigenvalue weighted by molar-refractivity contribution is 7.89. The Morgan fingerprint density at radius 2 is 1.80 bits per heavy atom. The smallest absolute Gasteiger partial charge is 0.258 e. The molecule has 8 nitrogen and oxygen atoms in total. The summed E-state index contributed by atoms with van der Waals surface area (Å²) in [6.07, 6.45) is 1.71. The molecule has 0 saturated heterocycles. The van der Waals surface area contributed by atoms with Gasteiger partial charge in [-0.25, -0.2) is 8.42 Å². The summed E-state index contributed by atoms with van der Waals surface area (Å²) in [5.41, 5.74) is 5.70. The van der Waals surface area contributed by atoms with Crippen molar-refractivity contribution in [2.45, 2.75) is 11.4 Å². The van der Waals surface area contributed by atoms with Gasteiger partial charge in [0.05, 0.1) is 27.9 Å². The zero-order chi connectivity index (χ0) is 25.2. The maximum Gasteiger partial charge on any atom is 0.258 e. The van der Waals surface area contributed by atoms with Gasteiger partial charge in [-0.05, 0) is 54.1 Å². The molecule has 4 rings (SSSR count). The van der Waals surface area contributed by atoms with Crippen molar-refractivity contribution in [1.82, 2.24) is 14.7 Å². The SMILES string of the molecule is Cn1cc(C(=O)NCc2ccc(C#N)cc2)c2cc(NNS(=O)(=O)c3cc(Cl)ccc3Cl)ccc21. The van der Waals surface area contributed by atoms with Crippen molar-refractivity contribution >= 4 is 55.7 Å². The Labute approximate surface area is 212 Å². The monoisotopic (exact) mass is 527 g/mol. The molecular formula is C24H19Cl2N5O3S. The first kappa shape index (κ1) is 24.6. The number of anilines is 1. The number of rotatable bonds is 7. The maximum absolute atomic E-state index is 12.9. The predicted octanol–water partition coefficient (Wildman–Crippen LogP) is 4.59. The molecule has 1 amide bonds. The number of halogens is 2. The van der Waals surface area contributed by atoms with Crippen LogP contribution < -0.4 is 15.6 Å². The maximum atomic E-state index is 12.9. The third-order valence-corrected chi connectivity index (χ3v) is 7.25. The number of aromatic nitrogens is 1. The number of nitriles is 1. The lowest BCUT2D eigenvalue weighted by Gasteiger charge is -2.11. The molecule has 3 aromatic carbocycles. The van der Waals surface area contributed by atoms with Crippen LogP contribution in [0.1, 0.15) is 21.5 Å². The predicted molar refractivity (Wildman–Crippen MR) is 136 cm³/mol. The van der Waals surface area contributed by atoms with Gasteiger partial charge in [-0.2, -0.15) is 5.26 Å². The number of benzene rings is 3. The second-order valence-electron chi connectivity index (χ2n) is 7.68. The van der Waals surface area contributed by atoms with Crippen molar-refractivity contribution in [2.75, 3.05) is 5.43 Å². The number of hydrogen-bond donors (Lipinski definition) is 3. The van der Waals surface area contributed by atoms with E-state index in [1.54, 1.807) is 48.7 Å². The summed E-state index contributed by atoms with van der Waals surface area (Å²) < 4.78 is 27.2. The molecule has 35 heavy (non-hydrogen) atoms. The van der Waals surface area contributed by atoms with Crippen LogP contribution in [0.15, 0.2) is 71.8 Å². The van der Waals surface area contributed by atoms with Gasteiger partial charge in [-0.15, -0.1) is 4.83 Å². The fourth-order valence-corrected chi connectivity index (χ4v) is 5.12. The highest BCUT2D eigenvalue weighted by Gasteiger charge is 2.19. The Morgan fingerprint density at radius 1 is 1.06 bits per heavy atom. The van der Waals surface area contributed by atoms with Crippen LogP contribution in [-0.2, 0) is 23.6 Å². The number of hydrazine groups is 1. The number of amides is 1. The van der Waals surface area contributed by atoms with Crippen LogP contribution in [0.5, 0.6) is 0 Å². The quantitative estimate of drug-likeness (QED) is 0.304. The van der Waals surface area contributed by atoms with E-state index < -0.39 is 10.0 Å². The third-order valence-electron chi connectivity index (χ3n) is 5.28. The molecule has 178 valence electrons. The highest BCUT2D eigenvalue weighted by atomic mass is 35.5. The Kier molecular flexibility index (Phi) is 7.00. The summed E-state index contributed by atoms with van der Waals surface area (Å²) in [4.78, 5) is 15.0. The van der Waals surface area contributed by atoms with E-state index in [4.69, 9.17) is 28.5 Å². The van der Waals surface area contributed by atoms with E-state index in [9.17, 15) is 13.2 Å². The van der Waals surface area contributed by atoms with Crippen LogP contribution in [0.2, 0.25) is 10.0 Å². The fourth-order valence-electron chi connectivity index (χ4n) is 3.49. The van der Waals surface area contributed by atoms with E-state index in [2.05, 4.69) is 21.6 Å².